The van der Waals surface area contributed by atoms with E-state index in [1.807, 2.05) is 26.8 Å². The molecule has 0 aliphatic heterocycles. The number of hydrogen-bond donors (Lipinski definition) is 1. The van der Waals surface area contributed by atoms with E-state index in [0.29, 0.717) is 6.61 Å². The summed E-state index contributed by atoms with van der Waals surface area (Å²) in [5, 5.41) is 3.47. The van der Waals surface area contributed by atoms with Crippen molar-refractivity contribution in [3.63, 3.8) is 0 Å². The molecule has 1 aromatic rings. The highest BCUT2D eigenvalue weighted by atomic mass is 16.5. The predicted octanol–water partition coefficient (Wildman–Crippen LogP) is 4.01. The molecule has 1 aromatic carbocycles. The molecule has 0 amide bonds. The first-order valence-corrected chi connectivity index (χ1v) is 7.66. The Morgan fingerprint density at radius 2 is 1.85 bits per heavy atom. The molecule has 3 heteroatoms. The number of nitrogens with one attached hydrogen (secondary N) is 1. The minimum absolute atomic E-state index is 0.157. The second-order valence-corrected chi connectivity index (χ2v) is 5.74. The number of ether oxygens (including phenoxy) is 2. The Morgan fingerprint density at radius 3 is 2.45 bits per heavy atom. The second kappa shape index (κ2) is 8.85. The van der Waals surface area contributed by atoms with E-state index in [1.165, 1.54) is 12.0 Å². The van der Waals surface area contributed by atoms with Gasteiger partial charge in [0.05, 0.1) is 12.7 Å². The monoisotopic (exact) mass is 279 g/mol. The fourth-order valence-electron chi connectivity index (χ4n) is 1.91. The van der Waals surface area contributed by atoms with E-state index < -0.39 is 0 Å². The van der Waals surface area contributed by atoms with Crippen molar-refractivity contribution >= 4 is 0 Å². The maximum absolute atomic E-state index is 5.76. The molecule has 0 saturated heterocycles. The summed E-state index contributed by atoms with van der Waals surface area (Å²) in [4.78, 5) is 0. The van der Waals surface area contributed by atoms with Gasteiger partial charge in [0.15, 0.2) is 11.5 Å². The zero-order valence-electron chi connectivity index (χ0n) is 13.5. The average Bonchev–Trinajstić information content (AvgIpc) is 2.37. The fourth-order valence-corrected chi connectivity index (χ4v) is 1.91. The molecule has 0 fully saturated rings. The van der Waals surface area contributed by atoms with E-state index in [4.69, 9.17) is 9.47 Å². The van der Waals surface area contributed by atoms with E-state index in [9.17, 15) is 0 Å². The Bertz CT molecular complexity index is 389. The van der Waals surface area contributed by atoms with Crippen molar-refractivity contribution in [1.29, 1.82) is 0 Å². The van der Waals surface area contributed by atoms with Gasteiger partial charge in [0.25, 0.3) is 0 Å². The topological polar surface area (TPSA) is 30.5 Å². The van der Waals surface area contributed by atoms with Crippen LogP contribution in [0.25, 0.3) is 0 Å². The number of rotatable bonds is 9. The van der Waals surface area contributed by atoms with E-state index in [0.717, 1.165) is 30.5 Å². The van der Waals surface area contributed by atoms with Crippen molar-refractivity contribution in [2.45, 2.75) is 53.7 Å². The first-order valence-electron chi connectivity index (χ1n) is 7.66. The van der Waals surface area contributed by atoms with Crippen LogP contribution in [-0.2, 0) is 6.54 Å². The van der Waals surface area contributed by atoms with Gasteiger partial charge < -0.3 is 14.8 Å². The van der Waals surface area contributed by atoms with Crippen molar-refractivity contribution in [3.05, 3.63) is 23.8 Å². The van der Waals surface area contributed by atoms with Gasteiger partial charge in [-0.2, -0.15) is 0 Å². The lowest BCUT2D eigenvalue weighted by Gasteiger charge is -2.16. The zero-order chi connectivity index (χ0) is 15.0. The lowest BCUT2D eigenvalue weighted by atomic mass is 10.1. The Morgan fingerprint density at radius 1 is 1.10 bits per heavy atom. The van der Waals surface area contributed by atoms with E-state index in [1.54, 1.807) is 0 Å². The van der Waals surface area contributed by atoms with Gasteiger partial charge in [-0.1, -0.05) is 19.9 Å². The molecule has 0 heterocycles. The summed E-state index contributed by atoms with van der Waals surface area (Å²) in [6, 6.07) is 6.18. The molecule has 1 rings (SSSR count). The quantitative estimate of drug-likeness (QED) is 0.693. The molecule has 1 N–H and O–H groups in total. The largest absolute Gasteiger partial charge is 0.490 e. The highest BCUT2D eigenvalue weighted by Gasteiger charge is 2.08. The van der Waals surface area contributed by atoms with Crippen LogP contribution in [0.2, 0.25) is 0 Å². The van der Waals surface area contributed by atoms with Crippen molar-refractivity contribution in [3.8, 4) is 11.5 Å². The van der Waals surface area contributed by atoms with Crippen LogP contribution in [-0.4, -0.2) is 19.3 Å². The van der Waals surface area contributed by atoms with Gasteiger partial charge in [0.2, 0.25) is 0 Å². The highest BCUT2D eigenvalue weighted by Crippen LogP contribution is 2.29. The summed E-state index contributed by atoms with van der Waals surface area (Å²) >= 11 is 0. The summed E-state index contributed by atoms with van der Waals surface area (Å²) in [5.41, 5.74) is 1.23. The first-order chi connectivity index (χ1) is 9.52. The summed E-state index contributed by atoms with van der Waals surface area (Å²) < 4.78 is 11.4. The minimum Gasteiger partial charge on any atom is -0.490 e. The van der Waals surface area contributed by atoms with Crippen LogP contribution in [0.5, 0.6) is 11.5 Å². The maximum atomic E-state index is 5.76. The van der Waals surface area contributed by atoms with E-state index in [-0.39, 0.29) is 6.10 Å². The third-order valence-corrected chi connectivity index (χ3v) is 2.90. The normalized spacial score (nSPS) is 11.2. The molecule has 0 aliphatic rings. The molecule has 114 valence electrons. The Balaban J connectivity index is 2.62. The molecule has 20 heavy (non-hydrogen) atoms. The van der Waals surface area contributed by atoms with Gasteiger partial charge in [-0.05, 0) is 57.4 Å². The SMILES string of the molecule is CCOc1cc(CNCCC(C)C)ccc1OC(C)C. The molecular weight excluding hydrogens is 250 g/mol. The molecule has 0 aliphatic carbocycles. The summed E-state index contributed by atoms with van der Waals surface area (Å²) in [7, 11) is 0. The lowest BCUT2D eigenvalue weighted by Crippen LogP contribution is -2.16. The average molecular weight is 279 g/mol. The van der Waals surface area contributed by atoms with Crippen molar-refractivity contribution < 1.29 is 9.47 Å². The van der Waals surface area contributed by atoms with Crippen molar-refractivity contribution in [1.82, 2.24) is 5.32 Å². The minimum atomic E-state index is 0.157. The molecule has 0 spiro atoms. The van der Waals surface area contributed by atoms with Gasteiger partial charge in [-0.25, -0.2) is 0 Å². The number of benzene rings is 1. The van der Waals surface area contributed by atoms with Crippen LogP contribution in [0.15, 0.2) is 18.2 Å². The summed E-state index contributed by atoms with van der Waals surface area (Å²) in [6.07, 6.45) is 1.36. The van der Waals surface area contributed by atoms with Crippen LogP contribution >= 0.6 is 0 Å². The van der Waals surface area contributed by atoms with Gasteiger partial charge in [0.1, 0.15) is 0 Å². The maximum Gasteiger partial charge on any atom is 0.161 e. The van der Waals surface area contributed by atoms with Gasteiger partial charge >= 0.3 is 0 Å². The van der Waals surface area contributed by atoms with E-state index in [2.05, 4.69) is 31.3 Å². The Hall–Kier alpha value is -1.22. The first kappa shape index (κ1) is 16.8. The summed E-state index contributed by atoms with van der Waals surface area (Å²) in [5.74, 6) is 2.40. The van der Waals surface area contributed by atoms with Crippen molar-refractivity contribution in [2.75, 3.05) is 13.2 Å². The smallest absolute Gasteiger partial charge is 0.161 e. The lowest BCUT2D eigenvalue weighted by molar-refractivity contribution is 0.223. The van der Waals surface area contributed by atoms with Gasteiger partial charge in [-0.15, -0.1) is 0 Å². The van der Waals surface area contributed by atoms with E-state index >= 15 is 0 Å². The molecule has 0 aromatic heterocycles. The highest BCUT2D eigenvalue weighted by molar-refractivity contribution is 5.43. The third kappa shape index (κ3) is 6.29. The van der Waals surface area contributed by atoms with Crippen LogP contribution in [0.3, 0.4) is 0 Å². The second-order valence-electron chi connectivity index (χ2n) is 5.74. The van der Waals surface area contributed by atoms with Crippen molar-refractivity contribution in [2.24, 2.45) is 5.92 Å². The van der Waals surface area contributed by atoms with Gasteiger partial charge in [-0.3, -0.25) is 0 Å². The molecule has 3 nitrogen and oxygen atoms in total. The Kier molecular flexibility index (Phi) is 7.45. The number of hydrogen-bond acceptors (Lipinski definition) is 3. The molecule has 0 radical (unpaired) electrons. The van der Waals surface area contributed by atoms with Gasteiger partial charge in [0, 0.05) is 6.54 Å². The molecule has 0 saturated carbocycles. The molecule has 0 atom stereocenters. The zero-order valence-corrected chi connectivity index (χ0v) is 13.5. The van der Waals surface area contributed by atoms with Crippen LogP contribution in [0.4, 0.5) is 0 Å². The van der Waals surface area contributed by atoms with Crippen LogP contribution in [0.1, 0.15) is 46.6 Å². The van der Waals surface area contributed by atoms with Crippen LogP contribution < -0.4 is 14.8 Å². The fraction of sp³-hybridized carbons (Fsp3) is 0.647. The standard InChI is InChI=1S/C17H29NO2/c1-6-19-17-11-15(12-18-10-9-13(2)3)7-8-16(17)20-14(4)5/h7-8,11,13-14,18H,6,9-10,12H2,1-5H3. The predicted molar refractivity (Wildman–Crippen MR) is 84.5 cm³/mol. The Labute approximate surface area is 123 Å². The molecular formula is C17H29NO2. The third-order valence-electron chi connectivity index (χ3n) is 2.90. The summed E-state index contributed by atoms with van der Waals surface area (Å²) in [6.45, 7) is 13.1. The van der Waals surface area contributed by atoms with Crippen LogP contribution in [0, 0.1) is 5.92 Å². The molecule has 0 unspecified atom stereocenters. The molecule has 0 bridgehead atoms.